The summed E-state index contributed by atoms with van der Waals surface area (Å²) in [7, 11) is -4.17. The molecule has 1 fully saturated rings. The van der Waals surface area contributed by atoms with Crippen LogP contribution in [0.2, 0.25) is 5.02 Å². The second-order valence-corrected chi connectivity index (χ2v) is 15.1. The Hall–Kier alpha value is -4.14. The largest absolute Gasteiger partial charge is 0.352 e. The molecule has 1 N–H and O–H groups in total. The summed E-state index contributed by atoms with van der Waals surface area (Å²) in [4.78, 5) is 30.6. The van der Waals surface area contributed by atoms with Crippen molar-refractivity contribution in [3.63, 3.8) is 0 Å². The molecule has 9 heteroatoms. The minimum Gasteiger partial charge on any atom is -0.352 e. The standard InChI is InChI=1S/C39H44ClN3O4S/c1-28-17-21-36(22-18-28)48(46,47)43(35-20-19-29(2)30(3)23-35)27-38(44)42(26-32-13-10-14-33(40)24-32)37(25-31-11-6-4-7-12-31)39(45)41-34-15-8-5-9-16-34/h4,6-7,10-14,17-24,34,37H,5,8-9,15-16,25-27H2,1-3H3,(H,41,45). The Kier molecular flexibility index (Phi) is 11.6. The molecular weight excluding hydrogens is 642 g/mol. The van der Waals surface area contributed by atoms with Crippen LogP contribution >= 0.6 is 11.6 Å². The Morgan fingerprint density at radius 2 is 1.50 bits per heavy atom. The van der Waals surface area contributed by atoms with E-state index in [1.807, 2.05) is 63.2 Å². The van der Waals surface area contributed by atoms with Crippen molar-refractivity contribution in [2.75, 3.05) is 10.8 Å². The summed E-state index contributed by atoms with van der Waals surface area (Å²) in [5.74, 6) is -0.746. The number of benzene rings is 4. The minimum atomic E-state index is -4.17. The van der Waals surface area contributed by atoms with E-state index in [0.717, 1.165) is 64.2 Å². The highest BCUT2D eigenvalue weighted by molar-refractivity contribution is 7.92. The molecule has 0 saturated heterocycles. The van der Waals surface area contributed by atoms with Crippen LogP contribution < -0.4 is 9.62 Å². The van der Waals surface area contributed by atoms with Gasteiger partial charge in [-0.25, -0.2) is 8.42 Å². The molecule has 0 spiro atoms. The molecule has 7 nitrogen and oxygen atoms in total. The molecule has 0 heterocycles. The van der Waals surface area contributed by atoms with Crippen LogP contribution in [0.5, 0.6) is 0 Å². The third-order valence-electron chi connectivity index (χ3n) is 9.13. The van der Waals surface area contributed by atoms with Crippen molar-refractivity contribution in [3.8, 4) is 0 Å². The summed E-state index contributed by atoms with van der Waals surface area (Å²) >= 11 is 6.37. The maximum atomic E-state index is 14.7. The lowest BCUT2D eigenvalue weighted by Crippen LogP contribution is -2.55. The number of sulfonamides is 1. The number of nitrogens with one attached hydrogen (secondary N) is 1. The molecule has 5 rings (SSSR count). The third-order valence-corrected chi connectivity index (χ3v) is 11.2. The van der Waals surface area contributed by atoms with E-state index in [0.29, 0.717) is 10.7 Å². The third kappa shape index (κ3) is 8.85. The van der Waals surface area contributed by atoms with E-state index >= 15 is 0 Å². The number of hydrogen-bond donors (Lipinski definition) is 1. The highest BCUT2D eigenvalue weighted by Crippen LogP contribution is 2.28. The number of anilines is 1. The molecule has 48 heavy (non-hydrogen) atoms. The molecule has 0 bridgehead atoms. The van der Waals surface area contributed by atoms with Gasteiger partial charge in [-0.05, 0) is 92.3 Å². The lowest BCUT2D eigenvalue weighted by atomic mass is 9.94. The average molecular weight is 686 g/mol. The molecule has 1 aliphatic carbocycles. The Morgan fingerprint density at radius 3 is 2.17 bits per heavy atom. The molecule has 2 amide bonds. The molecule has 4 aromatic carbocycles. The van der Waals surface area contributed by atoms with Gasteiger partial charge in [0.15, 0.2) is 0 Å². The van der Waals surface area contributed by atoms with Gasteiger partial charge >= 0.3 is 0 Å². The molecule has 1 unspecified atom stereocenters. The van der Waals surface area contributed by atoms with Crippen molar-refractivity contribution < 1.29 is 18.0 Å². The van der Waals surface area contributed by atoms with E-state index in [9.17, 15) is 18.0 Å². The van der Waals surface area contributed by atoms with Gasteiger partial charge in [-0.2, -0.15) is 0 Å². The lowest BCUT2D eigenvalue weighted by molar-refractivity contribution is -0.140. The summed E-state index contributed by atoms with van der Waals surface area (Å²) in [6.45, 7) is 5.32. The Labute approximate surface area is 290 Å². The van der Waals surface area contributed by atoms with Crippen molar-refractivity contribution in [3.05, 3.63) is 130 Å². The number of carbonyl (C=O) groups excluding carboxylic acids is 2. The summed E-state index contributed by atoms with van der Waals surface area (Å²) in [5, 5.41) is 3.75. The van der Waals surface area contributed by atoms with Gasteiger partial charge in [-0.3, -0.25) is 13.9 Å². The normalized spacial score (nSPS) is 14.2. The van der Waals surface area contributed by atoms with E-state index in [-0.39, 0.29) is 29.8 Å². The topological polar surface area (TPSA) is 86.8 Å². The van der Waals surface area contributed by atoms with Crippen LogP contribution in [0.1, 0.15) is 59.9 Å². The predicted octanol–water partition coefficient (Wildman–Crippen LogP) is 7.55. The molecular formula is C39H44ClN3O4S. The van der Waals surface area contributed by atoms with Crippen LogP contribution in [-0.4, -0.2) is 43.8 Å². The van der Waals surface area contributed by atoms with Crippen LogP contribution in [-0.2, 0) is 32.6 Å². The Bertz CT molecular complexity index is 1820. The number of halogens is 1. The second kappa shape index (κ2) is 15.8. The fourth-order valence-electron chi connectivity index (χ4n) is 6.18. The monoisotopic (exact) mass is 685 g/mol. The van der Waals surface area contributed by atoms with Gasteiger partial charge < -0.3 is 10.2 Å². The summed E-state index contributed by atoms with van der Waals surface area (Å²) in [5.41, 5.74) is 4.82. The molecule has 4 aromatic rings. The van der Waals surface area contributed by atoms with Crippen molar-refractivity contribution in [1.82, 2.24) is 10.2 Å². The van der Waals surface area contributed by atoms with E-state index < -0.39 is 28.5 Å². The molecule has 0 aliphatic heterocycles. The molecule has 1 aliphatic rings. The Balaban J connectivity index is 1.58. The van der Waals surface area contributed by atoms with Crippen LogP contribution in [0.25, 0.3) is 0 Å². The maximum Gasteiger partial charge on any atom is 0.264 e. The summed E-state index contributed by atoms with van der Waals surface area (Å²) in [6, 6.07) is 27.9. The van der Waals surface area contributed by atoms with Gasteiger partial charge in [0.25, 0.3) is 10.0 Å². The zero-order chi connectivity index (χ0) is 34.3. The van der Waals surface area contributed by atoms with E-state index in [1.165, 1.54) is 4.90 Å². The molecule has 0 aromatic heterocycles. The van der Waals surface area contributed by atoms with Crippen molar-refractivity contribution in [1.29, 1.82) is 0 Å². The second-order valence-electron chi connectivity index (χ2n) is 12.8. The van der Waals surface area contributed by atoms with Gasteiger partial charge in [-0.15, -0.1) is 0 Å². The number of aryl methyl sites for hydroxylation is 3. The SMILES string of the molecule is Cc1ccc(S(=O)(=O)N(CC(=O)N(Cc2cccc(Cl)c2)C(Cc2ccccc2)C(=O)NC2CCCCC2)c2ccc(C)c(C)c2)cc1. The van der Waals surface area contributed by atoms with E-state index in [4.69, 9.17) is 11.6 Å². The van der Waals surface area contributed by atoms with Crippen LogP contribution in [0, 0.1) is 20.8 Å². The minimum absolute atomic E-state index is 0.0293. The number of carbonyl (C=O) groups is 2. The highest BCUT2D eigenvalue weighted by Gasteiger charge is 2.35. The molecule has 1 saturated carbocycles. The first kappa shape index (κ1) is 35.2. The van der Waals surface area contributed by atoms with Crippen molar-refractivity contribution in [2.24, 2.45) is 0 Å². The van der Waals surface area contributed by atoms with Crippen LogP contribution in [0.15, 0.2) is 102 Å². The highest BCUT2D eigenvalue weighted by atomic mass is 35.5. The first-order valence-corrected chi connectivity index (χ1v) is 18.4. The first-order chi connectivity index (χ1) is 23.0. The van der Waals surface area contributed by atoms with Crippen molar-refractivity contribution in [2.45, 2.75) is 82.8 Å². The zero-order valence-electron chi connectivity index (χ0n) is 27.9. The van der Waals surface area contributed by atoms with Gasteiger partial charge in [0, 0.05) is 24.0 Å². The number of amides is 2. The zero-order valence-corrected chi connectivity index (χ0v) is 29.4. The number of rotatable bonds is 12. The first-order valence-electron chi connectivity index (χ1n) is 16.6. The molecule has 1 atom stereocenters. The van der Waals surface area contributed by atoms with Gasteiger partial charge in [0.2, 0.25) is 11.8 Å². The predicted molar refractivity (Wildman–Crippen MR) is 193 cm³/mol. The van der Waals surface area contributed by atoms with Gasteiger partial charge in [-0.1, -0.05) is 97.1 Å². The van der Waals surface area contributed by atoms with Gasteiger partial charge in [0.1, 0.15) is 12.6 Å². The van der Waals surface area contributed by atoms with E-state index in [2.05, 4.69) is 5.32 Å². The fraction of sp³-hybridized carbons (Fsp3) is 0.333. The summed E-state index contributed by atoms with van der Waals surface area (Å²) < 4.78 is 29.8. The van der Waals surface area contributed by atoms with E-state index in [1.54, 1.807) is 54.6 Å². The van der Waals surface area contributed by atoms with Crippen LogP contribution in [0.4, 0.5) is 5.69 Å². The fourth-order valence-corrected chi connectivity index (χ4v) is 7.80. The smallest absolute Gasteiger partial charge is 0.264 e. The molecule has 0 radical (unpaired) electrons. The maximum absolute atomic E-state index is 14.7. The lowest BCUT2D eigenvalue weighted by Gasteiger charge is -2.35. The number of hydrogen-bond acceptors (Lipinski definition) is 4. The molecule has 252 valence electrons. The summed E-state index contributed by atoms with van der Waals surface area (Å²) in [6.07, 6.45) is 5.27. The van der Waals surface area contributed by atoms with Gasteiger partial charge in [0.05, 0.1) is 10.6 Å². The average Bonchev–Trinajstić information content (AvgIpc) is 3.07. The quantitative estimate of drug-likeness (QED) is 0.167. The number of nitrogens with zero attached hydrogens (tertiary/aromatic N) is 2. The van der Waals surface area contributed by atoms with Crippen molar-refractivity contribution >= 4 is 39.1 Å². The van der Waals surface area contributed by atoms with Crippen LogP contribution in [0.3, 0.4) is 0 Å². The Morgan fingerprint density at radius 1 is 0.812 bits per heavy atom.